The summed E-state index contributed by atoms with van der Waals surface area (Å²) in [4.78, 5) is 37.3. The fraction of sp³-hybridized carbons (Fsp3) is 0.240. The molecule has 0 saturated heterocycles. The van der Waals surface area contributed by atoms with E-state index in [1.165, 1.54) is 11.7 Å². The lowest BCUT2D eigenvalue weighted by Crippen LogP contribution is -2.33. The number of carbonyl (C=O) groups excluding carboxylic acids is 3. The van der Waals surface area contributed by atoms with Crippen molar-refractivity contribution in [1.82, 2.24) is 4.57 Å². The lowest BCUT2D eigenvalue weighted by molar-refractivity contribution is -0.154. The van der Waals surface area contributed by atoms with Crippen LogP contribution >= 0.6 is 11.6 Å². The van der Waals surface area contributed by atoms with Crippen LogP contribution in [-0.4, -0.2) is 63.7 Å². The predicted molar refractivity (Wildman–Crippen MR) is 127 cm³/mol. The van der Waals surface area contributed by atoms with Gasteiger partial charge < -0.3 is 29.5 Å². The van der Waals surface area contributed by atoms with Gasteiger partial charge in [0.2, 0.25) is 5.76 Å². The second-order valence-corrected chi connectivity index (χ2v) is 8.52. The van der Waals surface area contributed by atoms with Crippen LogP contribution < -0.4 is 4.74 Å². The maximum Gasteiger partial charge on any atom is 0.377 e. The number of halogens is 1. The molecule has 1 aromatic heterocycles. The summed E-state index contributed by atoms with van der Waals surface area (Å²) in [6.07, 6.45) is -3.40. The molecule has 2 unspecified atom stereocenters. The van der Waals surface area contributed by atoms with Crippen molar-refractivity contribution in [2.45, 2.75) is 25.6 Å². The Bertz CT molecular complexity index is 1390. The van der Waals surface area contributed by atoms with E-state index in [-0.39, 0.29) is 12.3 Å². The fourth-order valence-electron chi connectivity index (χ4n) is 3.98. The van der Waals surface area contributed by atoms with Gasteiger partial charge in [-0.1, -0.05) is 11.6 Å². The summed E-state index contributed by atoms with van der Waals surface area (Å²) in [6, 6.07) is 11.5. The molecule has 1 aliphatic heterocycles. The first kappa shape index (κ1) is 25.1. The highest BCUT2D eigenvalue weighted by Crippen LogP contribution is 2.31. The zero-order chi connectivity index (χ0) is 26.1. The number of methoxy groups -OCH3 is 1. The van der Waals surface area contributed by atoms with E-state index in [4.69, 9.17) is 21.1 Å². The monoisotopic (exact) mass is 515 g/mol. The first-order valence-electron chi connectivity index (χ1n) is 10.8. The molecule has 1 aliphatic rings. The first-order chi connectivity index (χ1) is 17.1. The predicted octanol–water partition coefficient (Wildman–Crippen LogP) is 3.00. The number of ether oxygens (including phenoxy) is 3. The normalized spacial score (nSPS) is 16.2. The van der Waals surface area contributed by atoms with Crippen molar-refractivity contribution in [3.05, 3.63) is 75.8 Å². The highest BCUT2D eigenvalue weighted by Gasteiger charge is 2.39. The van der Waals surface area contributed by atoms with Crippen molar-refractivity contribution < 1.29 is 43.9 Å². The van der Waals surface area contributed by atoms with Gasteiger partial charge in [0.05, 0.1) is 19.0 Å². The largest absolute Gasteiger partial charge is 0.505 e. The van der Waals surface area contributed by atoms with Crippen LogP contribution in [0.1, 0.15) is 21.6 Å². The summed E-state index contributed by atoms with van der Waals surface area (Å²) in [5.74, 6) is -3.57. The van der Waals surface area contributed by atoms with Crippen LogP contribution in [0, 0.1) is 6.92 Å². The minimum atomic E-state index is -1.60. The van der Waals surface area contributed by atoms with Gasteiger partial charge in [-0.25, -0.2) is 4.79 Å². The zero-order valence-electron chi connectivity index (χ0n) is 19.2. The van der Waals surface area contributed by atoms with E-state index in [1.807, 2.05) is 0 Å². The van der Waals surface area contributed by atoms with Gasteiger partial charge in [0, 0.05) is 21.7 Å². The number of nitrogens with zero attached hydrogens (tertiary/aromatic N) is 1. The number of benzene rings is 2. The molecule has 0 bridgehead atoms. The van der Waals surface area contributed by atoms with Gasteiger partial charge in [-0.15, -0.1) is 0 Å². The number of aliphatic hydroxyl groups is 3. The van der Waals surface area contributed by atoms with Crippen LogP contribution in [-0.2, 0) is 25.5 Å². The Hall–Kier alpha value is -4.02. The molecule has 0 aliphatic carbocycles. The quantitative estimate of drug-likeness (QED) is 0.404. The van der Waals surface area contributed by atoms with E-state index in [0.717, 1.165) is 0 Å². The maximum atomic E-state index is 13.3. The van der Waals surface area contributed by atoms with Crippen molar-refractivity contribution >= 4 is 40.3 Å². The molecule has 2 aromatic carbocycles. The fourth-order valence-corrected chi connectivity index (χ4v) is 4.11. The van der Waals surface area contributed by atoms with Gasteiger partial charge in [-0.3, -0.25) is 14.2 Å². The van der Waals surface area contributed by atoms with Crippen LogP contribution in [0.2, 0.25) is 5.02 Å². The number of hydrogen-bond acceptors (Lipinski definition) is 9. The summed E-state index contributed by atoms with van der Waals surface area (Å²) >= 11 is 5.94. The molecule has 4 rings (SSSR count). The summed E-state index contributed by atoms with van der Waals surface area (Å²) in [5.41, 5.74) is 1.97. The molecule has 0 fully saturated rings. The lowest BCUT2D eigenvalue weighted by atomic mass is 10.1. The summed E-state index contributed by atoms with van der Waals surface area (Å²) in [7, 11) is 1.50. The van der Waals surface area contributed by atoms with Crippen LogP contribution in [0.4, 0.5) is 0 Å². The van der Waals surface area contributed by atoms with E-state index in [0.29, 0.717) is 38.5 Å². The standard InChI is InChI=1S/C25H22ClNO9/c1-12-16(10-20(29)35-11-19(28)23-21(30)22(31)25(33)36-23)17-9-15(34-2)7-8-18(17)27(12)24(32)13-3-5-14(26)6-4-13/h3-9,19,23,28,30-31H,10-11H2,1-2H3. The Labute approximate surface area is 209 Å². The number of aliphatic hydroxyl groups excluding tert-OH is 3. The summed E-state index contributed by atoms with van der Waals surface area (Å²) in [6.45, 7) is 1.08. The third kappa shape index (κ3) is 4.60. The van der Waals surface area contributed by atoms with Gasteiger partial charge in [0.25, 0.3) is 5.91 Å². The Kier molecular flexibility index (Phi) is 6.91. The first-order valence-corrected chi connectivity index (χ1v) is 11.1. The molecular formula is C25H22ClNO9. The summed E-state index contributed by atoms with van der Waals surface area (Å²) in [5, 5.41) is 30.3. The lowest BCUT2D eigenvalue weighted by Gasteiger charge is -2.17. The third-order valence-corrected chi connectivity index (χ3v) is 6.11. The molecule has 0 radical (unpaired) electrons. The molecule has 11 heteroatoms. The minimum absolute atomic E-state index is 0.249. The van der Waals surface area contributed by atoms with Gasteiger partial charge in [-0.05, 0) is 55.0 Å². The molecule has 2 atom stereocenters. The van der Waals surface area contributed by atoms with E-state index >= 15 is 0 Å². The van der Waals surface area contributed by atoms with Crippen LogP contribution in [0.25, 0.3) is 10.9 Å². The van der Waals surface area contributed by atoms with Crippen LogP contribution in [0.5, 0.6) is 5.75 Å². The molecule has 3 N–H and O–H groups in total. The van der Waals surface area contributed by atoms with E-state index in [9.17, 15) is 29.7 Å². The topological polar surface area (TPSA) is 145 Å². The van der Waals surface area contributed by atoms with Gasteiger partial charge in [0.15, 0.2) is 11.9 Å². The molecular weight excluding hydrogens is 494 g/mol. The van der Waals surface area contributed by atoms with Gasteiger partial charge >= 0.3 is 11.9 Å². The Morgan fingerprint density at radius 1 is 1.17 bits per heavy atom. The SMILES string of the molecule is COc1ccc2c(c1)c(CC(=O)OCC(O)C1OC(=O)C(O)=C1O)c(C)n2C(=O)c1ccc(Cl)cc1. The highest BCUT2D eigenvalue weighted by atomic mass is 35.5. The molecule has 2 heterocycles. The number of esters is 2. The van der Waals surface area contributed by atoms with Crippen molar-refractivity contribution in [2.75, 3.05) is 13.7 Å². The second kappa shape index (κ2) is 9.92. The molecule has 3 aromatic rings. The Morgan fingerprint density at radius 2 is 1.86 bits per heavy atom. The number of carbonyl (C=O) groups is 3. The molecule has 0 amide bonds. The van der Waals surface area contributed by atoms with Crippen molar-refractivity contribution in [3.8, 4) is 5.75 Å². The number of rotatable bonds is 7. The smallest absolute Gasteiger partial charge is 0.377 e. The number of aromatic nitrogens is 1. The van der Waals surface area contributed by atoms with Crippen molar-refractivity contribution in [3.63, 3.8) is 0 Å². The minimum Gasteiger partial charge on any atom is -0.505 e. The average molecular weight is 516 g/mol. The zero-order valence-corrected chi connectivity index (χ0v) is 20.0. The average Bonchev–Trinajstić information content (AvgIpc) is 3.29. The Balaban J connectivity index is 1.59. The molecule has 36 heavy (non-hydrogen) atoms. The molecule has 0 spiro atoms. The maximum absolute atomic E-state index is 13.3. The van der Waals surface area contributed by atoms with Crippen LogP contribution in [0.3, 0.4) is 0 Å². The highest BCUT2D eigenvalue weighted by molar-refractivity contribution is 6.30. The number of cyclic esters (lactones) is 1. The third-order valence-electron chi connectivity index (χ3n) is 5.86. The van der Waals surface area contributed by atoms with Gasteiger partial charge in [0.1, 0.15) is 18.5 Å². The van der Waals surface area contributed by atoms with E-state index in [1.54, 1.807) is 49.4 Å². The van der Waals surface area contributed by atoms with E-state index < -0.39 is 42.3 Å². The van der Waals surface area contributed by atoms with Crippen molar-refractivity contribution in [1.29, 1.82) is 0 Å². The number of hydrogen-bond donors (Lipinski definition) is 3. The molecule has 10 nitrogen and oxygen atoms in total. The van der Waals surface area contributed by atoms with Gasteiger partial charge in [-0.2, -0.15) is 0 Å². The Morgan fingerprint density at radius 3 is 2.47 bits per heavy atom. The van der Waals surface area contributed by atoms with Crippen LogP contribution in [0.15, 0.2) is 54.0 Å². The summed E-state index contributed by atoms with van der Waals surface area (Å²) < 4.78 is 16.6. The molecule has 188 valence electrons. The van der Waals surface area contributed by atoms with E-state index in [2.05, 4.69) is 4.74 Å². The number of fused-ring (bicyclic) bond motifs is 1. The van der Waals surface area contributed by atoms with Crippen molar-refractivity contribution in [2.24, 2.45) is 0 Å². The second-order valence-electron chi connectivity index (χ2n) is 8.08. The molecule has 0 saturated carbocycles.